The molecular weight excluding hydrogens is 435 g/mol. The fourth-order valence-corrected chi connectivity index (χ4v) is 4.65. The number of carbonyl (C=O) groups excluding carboxylic acids is 2. The smallest absolute Gasteiger partial charge is 0.302 e. The maximum atomic E-state index is 13.3. The van der Waals surface area contributed by atoms with Gasteiger partial charge in [-0.2, -0.15) is 0 Å². The van der Waals surface area contributed by atoms with E-state index in [1.165, 1.54) is 34.6 Å². The molecule has 0 spiro atoms. The van der Waals surface area contributed by atoms with E-state index >= 15 is 0 Å². The van der Waals surface area contributed by atoms with Crippen molar-refractivity contribution in [3.05, 3.63) is 83.6 Å². The van der Waals surface area contributed by atoms with Crippen molar-refractivity contribution in [2.45, 2.75) is 6.04 Å². The second kappa shape index (κ2) is 7.61. The van der Waals surface area contributed by atoms with Crippen LogP contribution in [-0.2, 0) is 9.59 Å². The van der Waals surface area contributed by atoms with E-state index in [4.69, 9.17) is 9.15 Å². The number of methoxy groups -OCH3 is 1. The van der Waals surface area contributed by atoms with Crippen molar-refractivity contribution < 1.29 is 28.2 Å². The average Bonchev–Trinajstić information content (AvgIpc) is 3.52. The molecule has 1 saturated heterocycles. The highest BCUT2D eigenvalue weighted by molar-refractivity contribution is 7.22. The lowest BCUT2D eigenvalue weighted by Crippen LogP contribution is -2.29. The SMILES string of the molecule is COc1ccc2nc(N3C(=O)C(=O)C(=C(O)c4ccc(F)cc4)C3c3ccco3)sc2c1. The van der Waals surface area contributed by atoms with Crippen LogP contribution in [0.5, 0.6) is 5.75 Å². The quantitative estimate of drug-likeness (QED) is 0.276. The van der Waals surface area contributed by atoms with Crippen LogP contribution in [0.25, 0.3) is 16.0 Å². The number of anilines is 1. The van der Waals surface area contributed by atoms with Crippen LogP contribution in [0.2, 0.25) is 0 Å². The minimum atomic E-state index is -1.03. The van der Waals surface area contributed by atoms with E-state index in [0.29, 0.717) is 11.3 Å². The number of nitrogens with zero attached hydrogens (tertiary/aromatic N) is 2. The molecule has 32 heavy (non-hydrogen) atoms. The number of aliphatic hydroxyl groups is 1. The molecule has 0 radical (unpaired) electrons. The standard InChI is InChI=1S/C23H15FN2O5S/c1-30-14-8-9-15-17(11-14)32-23(25-15)26-19(16-3-2-10-31-16)18(21(28)22(26)29)20(27)12-4-6-13(24)7-5-12/h2-11,19,27H,1H3. The zero-order valence-corrected chi connectivity index (χ0v) is 17.4. The number of ether oxygens (including phenoxy) is 1. The number of hydrogen-bond donors (Lipinski definition) is 1. The molecule has 1 unspecified atom stereocenters. The zero-order chi connectivity index (χ0) is 22.4. The lowest BCUT2D eigenvalue weighted by molar-refractivity contribution is -0.132. The lowest BCUT2D eigenvalue weighted by Gasteiger charge is -2.20. The second-order valence-electron chi connectivity index (χ2n) is 7.02. The van der Waals surface area contributed by atoms with Crippen LogP contribution < -0.4 is 9.64 Å². The molecule has 2 aromatic heterocycles. The van der Waals surface area contributed by atoms with Gasteiger partial charge in [0.05, 0.1) is 29.2 Å². The summed E-state index contributed by atoms with van der Waals surface area (Å²) >= 11 is 1.21. The number of thiazole rings is 1. The van der Waals surface area contributed by atoms with Gasteiger partial charge < -0.3 is 14.3 Å². The number of carbonyl (C=O) groups is 2. The maximum absolute atomic E-state index is 13.3. The third-order valence-electron chi connectivity index (χ3n) is 5.17. The van der Waals surface area contributed by atoms with Crippen molar-refractivity contribution in [1.82, 2.24) is 4.98 Å². The summed E-state index contributed by atoms with van der Waals surface area (Å²) in [6.45, 7) is 0. The first-order valence-corrected chi connectivity index (χ1v) is 10.3. The highest BCUT2D eigenvalue weighted by Gasteiger charge is 2.49. The van der Waals surface area contributed by atoms with Crippen molar-refractivity contribution >= 4 is 44.1 Å². The Labute approximate surface area is 185 Å². The molecule has 2 aromatic carbocycles. The molecule has 7 nitrogen and oxygen atoms in total. The predicted molar refractivity (Wildman–Crippen MR) is 116 cm³/mol. The summed E-state index contributed by atoms with van der Waals surface area (Å²) in [6, 6.07) is 12.5. The zero-order valence-electron chi connectivity index (χ0n) is 16.6. The molecule has 1 amide bonds. The van der Waals surface area contributed by atoms with Gasteiger partial charge in [-0.05, 0) is 54.6 Å². The highest BCUT2D eigenvalue weighted by Crippen LogP contribution is 2.44. The van der Waals surface area contributed by atoms with Gasteiger partial charge in [0.2, 0.25) is 0 Å². The number of benzene rings is 2. The Morgan fingerprint density at radius 2 is 1.97 bits per heavy atom. The van der Waals surface area contributed by atoms with Crippen LogP contribution in [0.1, 0.15) is 17.4 Å². The van der Waals surface area contributed by atoms with Crippen LogP contribution >= 0.6 is 11.3 Å². The Kier molecular flexibility index (Phi) is 4.75. The minimum Gasteiger partial charge on any atom is -0.507 e. The summed E-state index contributed by atoms with van der Waals surface area (Å²) in [5.41, 5.74) is 0.674. The number of amides is 1. The van der Waals surface area contributed by atoms with Crippen LogP contribution in [0, 0.1) is 5.82 Å². The third kappa shape index (κ3) is 3.14. The molecule has 1 aliphatic heterocycles. The van der Waals surface area contributed by atoms with Gasteiger partial charge in [0.1, 0.15) is 29.1 Å². The number of halogens is 1. The van der Waals surface area contributed by atoms with Gasteiger partial charge in [-0.15, -0.1) is 0 Å². The van der Waals surface area contributed by atoms with E-state index in [2.05, 4.69) is 4.98 Å². The van der Waals surface area contributed by atoms with Gasteiger partial charge in [-0.25, -0.2) is 9.37 Å². The number of fused-ring (bicyclic) bond motifs is 1. The molecule has 5 rings (SSSR count). The van der Waals surface area contributed by atoms with Crippen molar-refractivity contribution in [1.29, 1.82) is 0 Å². The van der Waals surface area contributed by atoms with Crippen LogP contribution in [0.3, 0.4) is 0 Å². The summed E-state index contributed by atoms with van der Waals surface area (Å²) in [4.78, 5) is 31.8. The first-order valence-electron chi connectivity index (χ1n) is 9.53. The van der Waals surface area contributed by atoms with Crippen LogP contribution in [-0.4, -0.2) is 28.9 Å². The Morgan fingerprint density at radius 3 is 2.66 bits per heavy atom. The van der Waals surface area contributed by atoms with E-state index < -0.39 is 29.3 Å². The van der Waals surface area contributed by atoms with Gasteiger partial charge in [0.25, 0.3) is 5.78 Å². The Balaban J connectivity index is 1.69. The van der Waals surface area contributed by atoms with E-state index in [9.17, 15) is 19.1 Å². The number of aromatic nitrogens is 1. The molecule has 4 aromatic rings. The van der Waals surface area contributed by atoms with Crippen LogP contribution in [0.15, 0.2) is 70.9 Å². The Bertz CT molecular complexity index is 1380. The number of hydrogen-bond acceptors (Lipinski definition) is 7. The van der Waals surface area contributed by atoms with Gasteiger partial charge in [0, 0.05) is 5.56 Å². The van der Waals surface area contributed by atoms with E-state index in [0.717, 1.165) is 16.8 Å². The molecule has 9 heteroatoms. The van der Waals surface area contributed by atoms with E-state index in [1.807, 2.05) is 0 Å². The highest BCUT2D eigenvalue weighted by atomic mass is 32.1. The fraction of sp³-hybridized carbons (Fsp3) is 0.0870. The lowest BCUT2D eigenvalue weighted by atomic mass is 9.99. The molecule has 1 fully saturated rings. The number of aliphatic hydroxyl groups excluding tert-OH is 1. The minimum absolute atomic E-state index is 0.159. The fourth-order valence-electron chi connectivity index (χ4n) is 3.63. The van der Waals surface area contributed by atoms with E-state index in [-0.39, 0.29) is 22.0 Å². The first-order chi connectivity index (χ1) is 15.5. The molecule has 0 bridgehead atoms. The second-order valence-corrected chi connectivity index (χ2v) is 8.03. The normalized spacial score (nSPS) is 17.9. The summed E-state index contributed by atoms with van der Waals surface area (Å²) in [5.74, 6) is -1.73. The third-order valence-corrected chi connectivity index (χ3v) is 6.18. The molecule has 1 N–H and O–H groups in total. The monoisotopic (exact) mass is 450 g/mol. The molecule has 0 saturated carbocycles. The van der Waals surface area contributed by atoms with Crippen molar-refractivity contribution in [3.8, 4) is 5.75 Å². The van der Waals surface area contributed by atoms with Crippen LogP contribution in [0.4, 0.5) is 9.52 Å². The molecule has 1 aliphatic rings. The van der Waals surface area contributed by atoms with Crippen molar-refractivity contribution in [2.24, 2.45) is 0 Å². The Hall–Kier alpha value is -3.98. The maximum Gasteiger partial charge on any atom is 0.302 e. The molecule has 3 heterocycles. The van der Waals surface area contributed by atoms with Gasteiger partial charge in [-0.3, -0.25) is 14.5 Å². The molecule has 160 valence electrons. The summed E-state index contributed by atoms with van der Waals surface area (Å²) < 4.78 is 24.9. The number of Topliss-reactive ketones (excluding diaryl/α,β-unsaturated/α-hetero) is 1. The van der Waals surface area contributed by atoms with Gasteiger partial charge in [0.15, 0.2) is 5.13 Å². The van der Waals surface area contributed by atoms with Gasteiger partial charge in [-0.1, -0.05) is 11.3 Å². The first kappa shape index (κ1) is 20.0. The topological polar surface area (TPSA) is 92.9 Å². The summed E-state index contributed by atoms with van der Waals surface area (Å²) in [7, 11) is 1.55. The summed E-state index contributed by atoms with van der Waals surface area (Å²) in [5, 5.41) is 11.2. The number of ketones is 1. The van der Waals surface area contributed by atoms with Crippen molar-refractivity contribution in [3.63, 3.8) is 0 Å². The molecule has 1 atom stereocenters. The van der Waals surface area contributed by atoms with Gasteiger partial charge >= 0.3 is 5.91 Å². The Morgan fingerprint density at radius 1 is 1.19 bits per heavy atom. The average molecular weight is 450 g/mol. The molecule has 0 aliphatic carbocycles. The van der Waals surface area contributed by atoms with E-state index in [1.54, 1.807) is 37.4 Å². The predicted octanol–water partition coefficient (Wildman–Crippen LogP) is 4.66. The van der Waals surface area contributed by atoms with Crippen molar-refractivity contribution in [2.75, 3.05) is 12.0 Å². The number of furan rings is 1. The largest absolute Gasteiger partial charge is 0.507 e. The number of rotatable bonds is 4. The summed E-state index contributed by atoms with van der Waals surface area (Å²) in [6.07, 6.45) is 1.41. The molecular formula is C23H15FN2O5S.